The zero-order valence-corrected chi connectivity index (χ0v) is 21.0. The van der Waals surface area contributed by atoms with Crippen molar-refractivity contribution in [3.05, 3.63) is 118 Å². The third kappa shape index (κ3) is 6.32. The maximum Gasteiger partial charge on any atom is 0.254 e. The molecule has 0 fully saturated rings. The Bertz CT molecular complexity index is 1380. The maximum absolute atomic E-state index is 13.4. The van der Waals surface area contributed by atoms with E-state index in [4.69, 9.17) is 0 Å². The molecule has 0 spiro atoms. The third-order valence-electron chi connectivity index (χ3n) is 5.90. The number of benzene rings is 2. The minimum atomic E-state index is -0.591. The Balaban J connectivity index is 1.53. The molecular weight excluding hydrogens is 487 g/mol. The van der Waals surface area contributed by atoms with Crippen LogP contribution in [0.4, 0.5) is 10.1 Å². The second kappa shape index (κ2) is 12.2. The van der Waals surface area contributed by atoms with Crippen LogP contribution in [0.15, 0.2) is 101 Å². The van der Waals surface area contributed by atoms with Gasteiger partial charge in [-0.05, 0) is 67.1 Å². The van der Waals surface area contributed by atoms with Crippen molar-refractivity contribution >= 4 is 29.1 Å². The molecule has 2 aromatic carbocycles. The van der Waals surface area contributed by atoms with Crippen LogP contribution in [0.5, 0.6) is 0 Å². The molecule has 1 aliphatic heterocycles. The minimum Gasteiger partial charge on any atom is -0.353 e. The van der Waals surface area contributed by atoms with Crippen LogP contribution in [-0.2, 0) is 4.79 Å². The van der Waals surface area contributed by atoms with Crippen LogP contribution >= 0.6 is 11.8 Å². The first-order valence-corrected chi connectivity index (χ1v) is 12.8. The lowest BCUT2D eigenvalue weighted by molar-refractivity contribution is -0.113. The number of carbonyl (C=O) groups is 2. The lowest BCUT2D eigenvalue weighted by atomic mass is 9.83. The number of nitrogens with zero attached hydrogens (tertiary/aromatic N) is 2. The molecule has 186 valence electrons. The molecule has 1 amide bonds. The van der Waals surface area contributed by atoms with Gasteiger partial charge in [0.1, 0.15) is 5.82 Å². The van der Waals surface area contributed by atoms with Gasteiger partial charge in [0.25, 0.3) is 5.91 Å². The highest BCUT2D eigenvalue weighted by molar-refractivity contribution is 8.03. The third-order valence-corrected chi connectivity index (χ3v) is 7.01. The van der Waals surface area contributed by atoms with Gasteiger partial charge in [0.15, 0.2) is 5.78 Å². The molecule has 0 saturated carbocycles. The van der Waals surface area contributed by atoms with Crippen LogP contribution in [0, 0.1) is 17.1 Å². The van der Waals surface area contributed by atoms with Gasteiger partial charge in [-0.3, -0.25) is 14.6 Å². The van der Waals surface area contributed by atoms with Gasteiger partial charge < -0.3 is 10.6 Å². The van der Waals surface area contributed by atoms with E-state index in [2.05, 4.69) is 21.7 Å². The Labute approximate surface area is 219 Å². The van der Waals surface area contributed by atoms with Crippen LogP contribution in [0.25, 0.3) is 0 Å². The highest BCUT2D eigenvalue weighted by Crippen LogP contribution is 2.40. The Morgan fingerprint density at radius 3 is 2.54 bits per heavy atom. The van der Waals surface area contributed by atoms with Crippen molar-refractivity contribution in [3.63, 3.8) is 0 Å². The van der Waals surface area contributed by atoms with Crippen LogP contribution in [0.2, 0.25) is 0 Å². The average Bonchev–Trinajstić information content (AvgIpc) is 2.92. The molecule has 0 bridgehead atoms. The molecule has 2 N–H and O–H groups in total. The summed E-state index contributed by atoms with van der Waals surface area (Å²) in [6.45, 7) is 1.82. The monoisotopic (exact) mass is 512 g/mol. The molecule has 6 nitrogen and oxygen atoms in total. The highest BCUT2D eigenvalue weighted by Gasteiger charge is 2.34. The first-order valence-electron chi connectivity index (χ1n) is 11.8. The van der Waals surface area contributed by atoms with E-state index in [-0.39, 0.29) is 17.5 Å². The number of halogens is 1. The number of amides is 1. The Kier molecular flexibility index (Phi) is 8.49. The maximum atomic E-state index is 13.4. The second-order valence-corrected chi connectivity index (χ2v) is 9.55. The van der Waals surface area contributed by atoms with Crippen LogP contribution in [0.1, 0.15) is 41.6 Å². The van der Waals surface area contributed by atoms with Crippen molar-refractivity contribution in [3.8, 4) is 6.07 Å². The molecule has 3 aromatic rings. The lowest BCUT2D eigenvalue weighted by Gasteiger charge is -2.29. The molecule has 1 aliphatic rings. The van der Waals surface area contributed by atoms with Crippen molar-refractivity contribution in [2.24, 2.45) is 0 Å². The van der Waals surface area contributed by atoms with Gasteiger partial charge >= 0.3 is 0 Å². The molecule has 2 heterocycles. The topological polar surface area (TPSA) is 94.9 Å². The van der Waals surface area contributed by atoms with Crippen molar-refractivity contribution in [1.82, 2.24) is 10.3 Å². The largest absolute Gasteiger partial charge is 0.353 e. The Hall–Kier alpha value is -4.22. The van der Waals surface area contributed by atoms with Crippen molar-refractivity contribution in [1.29, 1.82) is 5.26 Å². The Morgan fingerprint density at radius 2 is 1.86 bits per heavy atom. The zero-order chi connectivity index (χ0) is 26.2. The van der Waals surface area contributed by atoms with E-state index in [1.807, 2.05) is 31.2 Å². The quantitative estimate of drug-likeness (QED) is 0.272. The number of ketones is 1. The van der Waals surface area contributed by atoms with Crippen LogP contribution in [-0.4, -0.2) is 22.4 Å². The van der Waals surface area contributed by atoms with Gasteiger partial charge in [0.2, 0.25) is 0 Å². The lowest BCUT2D eigenvalue weighted by Crippen LogP contribution is -2.30. The predicted molar refractivity (Wildman–Crippen MR) is 143 cm³/mol. The smallest absolute Gasteiger partial charge is 0.254 e. The van der Waals surface area contributed by atoms with Crippen molar-refractivity contribution in [2.45, 2.75) is 25.7 Å². The number of rotatable bonds is 9. The fraction of sp³-hybridized carbons (Fsp3) is 0.172. The summed E-state index contributed by atoms with van der Waals surface area (Å²) < 4.78 is 13.1. The first-order chi connectivity index (χ1) is 18.0. The summed E-state index contributed by atoms with van der Waals surface area (Å²) >= 11 is 1.44. The van der Waals surface area contributed by atoms with Crippen LogP contribution < -0.4 is 10.6 Å². The van der Waals surface area contributed by atoms with E-state index in [0.29, 0.717) is 51.7 Å². The van der Waals surface area contributed by atoms with Gasteiger partial charge in [0.05, 0.1) is 22.6 Å². The molecule has 1 unspecified atom stereocenters. The molecule has 0 saturated heterocycles. The number of Topliss-reactive ketones (excluding diaryl/α,β-unsaturated/α-hetero) is 1. The summed E-state index contributed by atoms with van der Waals surface area (Å²) in [5.74, 6) is -0.747. The van der Waals surface area contributed by atoms with Gasteiger partial charge in [0, 0.05) is 41.3 Å². The standard InChI is InChI=1S/C29H25FN4O2S/c1-19-26(28(36)34-23-8-3-2-4-9-23)27(21-7-5-15-32-18-21)24(17-31)29(33-19)37-16-6-10-25(35)20-11-13-22(30)14-12-20/h2-5,7-9,11-15,18,27,33H,6,10,16H2,1H3,(H,34,36). The van der Waals surface area contributed by atoms with E-state index in [1.54, 1.807) is 30.6 Å². The normalized spacial score (nSPS) is 15.1. The molecule has 1 atom stereocenters. The van der Waals surface area contributed by atoms with Crippen LogP contribution in [0.3, 0.4) is 0 Å². The summed E-state index contributed by atoms with van der Waals surface area (Å²) in [5, 5.41) is 17.0. The highest BCUT2D eigenvalue weighted by atomic mass is 32.2. The predicted octanol–water partition coefficient (Wildman–Crippen LogP) is 5.95. The number of nitriles is 1. The number of hydrogen-bond acceptors (Lipinski definition) is 6. The second-order valence-electron chi connectivity index (χ2n) is 8.44. The molecule has 0 radical (unpaired) electrons. The Morgan fingerprint density at radius 1 is 1.11 bits per heavy atom. The molecule has 1 aromatic heterocycles. The number of allylic oxidation sites excluding steroid dienone is 2. The summed E-state index contributed by atoms with van der Waals surface area (Å²) in [7, 11) is 0. The number of pyridine rings is 1. The number of carbonyl (C=O) groups excluding carboxylic acids is 2. The average molecular weight is 513 g/mol. The summed E-state index contributed by atoms with van der Waals surface area (Å²) in [5.41, 5.74) is 3.39. The zero-order valence-electron chi connectivity index (χ0n) is 20.2. The molecule has 4 rings (SSSR count). The molecule has 37 heavy (non-hydrogen) atoms. The number of thioether (sulfide) groups is 1. The fourth-order valence-corrected chi connectivity index (χ4v) is 5.15. The first kappa shape index (κ1) is 25.9. The molecule has 8 heteroatoms. The van der Waals surface area contributed by atoms with Gasteiger partial charge in [-0.15, -0.1) is 11.8 Å². The number of dihydropyridines is 1. The molecule has 0 aliphatic carbocycles. The van der Waals surface area contributed by atoms with E-state index in [1.165, 1.54) is 36.0 Å². The van der Waals surface area contributed by atoms with E-state index in [9.17, 15) is 19.2 Å². The SMILES string of the molecule is CC1=C(C(=O)Nc2ccccc2)C(c2cccnc2)C(C#N)=C(SCCCC(=O)c2ccc(F)cc2)N1. The number of hydrogen-bond donors (Lipinski definition) is 2. The van der Waals surface area contributed by atoms with Crippen molar-refractivity contribution in [2.75, 3.05) is 11.1 Å². The number of aromatic nitrogens is 1. The number of nitrogens with one attached hydrogen (secondary N) is 2. The van der Waals surface area contributed by atoms with E-state index in [0.717, 1.165) is 5.56 Å². The van der Waals surface area contributed by atoms with E-state index >= 15 is 0 Å². The number of para-hydroxylation sites is 1. The van der Waals surface area contributed by atoms with E-state index < -0.39 is 5.92 Å². The van der Waals surface area contributed by atoms with Crippen molar-refractivity contribution < 1.29 is 14.0 Å². The van der Waals surface area contributed by atoms with Gasteiger partial charge in [-0.2, -0.15) is 5.26 Å². The van der Waals surface area contributed by atoms with Gasteiger partial charge in [-0.1, -0.05) is 24.3 Å². The number of anilines is 1. The summed E-state index contributed by atoms with van der Waals surface area (Å²) in [6.07, 6.45) is 4.19. The summed E-state index contributed by atoms with van der Waals surface area (Å²) in [4.78, 5) is 30.0. The van der Waals surface area contributed by atoms with Gasteiger partial charge in [-0.25, -0.2) is 4.39 Å². The molecular formula is C29H25FN4O2S. The minimum absolute atomic E-state index is 0.0594. The summed E-state index contributed by atoms with van der Waals surface area (Å²) in [6, 6.07) is 20.6. The fourth-order valence-electron chi connectivity index (χ4n) is 4.11.